The van der Waals surface area contributed by atoms with Gasteiger partial charge in [0.15, 0.2) is 0 Å². The van der Waals surface area contributed by atoms with Crippen LogP contribution in [-0.4, -0.2) is 61.1 Å². The second kappa shape index (κ2) is 12.2. The van der Waals surface area contributed by atoms with Gasteiger partial charge in [-0.05, 0) is 80.4 Å². The van der Waals surface area contributed by atoms with Crippen molar-refractivity contribution in [3.8, 4) is 22.7 Å². The molecule has 1 amide bonds. The van der Waals surface area contributed by atoms with Crippen LogP contribution in [0.1, 0.15) is 18.4 Å². The molecular weight excluding hydrogens is 547 g/mol. The van der Waals surface area contributed by atoms with E-state index in [1.165, 1.54) is 24.3 Å². The Bertz CT molecular complexity index is 1600. The largest absolute Gasteiger partial charge is 0.497 e. The average Bonchev–Trinajstić information content (AvgIpc) is 3.64. The quantitative estimate of drug-likeness (QED) is 0.290. The van der Waals surface area contributed by atoms with Gasteiger partial charge in [-0.1, -0.05) is 17.7 Å². The molecule has 11 heteroatoms. The van der Waals surface area contributed by atoms with Crippen LogP contribution in [0.4, 0.5) is 10.3 Å². The van der Waals surface area contributed by atoms with Crippen LogP contribution in [0.25, 0.3) is 16.9 Å². The summed E-state index contributed by atoms with van der Waals surface area (Å²) in [4.78, 5) is 18.1. The number of hydrogen-bond acceptors (Lipinski definition) is 6. The molecule has 41 heavy (non-hydrogen) atoms. The summed E-state index contributed by atoms with van der Waals surface area (Å²) in [7, 11) is -2.42. The number of aryl methyl sites for hydroxylation is 1. The summed E-state index contributed by atoms with van der Waals surface area (Å²) in [6, 6.07) is 19.5. The van der Waals surface area contributed by atoms with Crippen molar-refractivity contribution >= 4 is 21.9 Å². The maximum absolute atomic E-state index is 13.7. The first kappa shape index (κ1) is 28.5. The van der Waals surface area contributed by atoms with Crippen molar-refractivity contribution in [3.05, 3.63) is 90.4 Å². The van der Waals surface area contributed by atoms with Gasteiger partial charge in [0.2, 0.25) is 21.9 Å². The predicted molar refractivity (Wildman–Crippen MR) is 153 cm³/mol. The molecule has 0 aliphatic carbocycles. The number of ether oxygens (including phenoxy) is 2. The number of amides is 1. The number of rotatable bonds is 10. The number of sulfonamides is 1. The highest BCUT2D eigenvalue weighted by atomic mass is 32.2. The zero-order chi connectivity index (χ0) is 29.0. The SMILES string of the molecule is COc1ccc(-c2cn(-c3ccc(F)cc3)c(NC(=O)CN(CC3CCCO3)S(=O)(=O)c3ccc(C)cc3)n2)cc1. The van der Waals surface area contributed by atoms with E-state index in [0.29, 0.717) is 30.2 Å². The lowest BCUT2D eigenvalue weighted by Crippen LogP contribution is -2.42. The molecule has 1 fully saturated rings. The Labute approximate surface area is 238 Å². The van der Waals surface area contributed by atoms with Gasteiger partial charge in [-0.25, -0.2) is 17.8 Å². The molecule has 9 nitrogen and oxygen atoms in total. The summed E-state index contributed by atoms with van der Waals surface area (Å²) in [6.45, 7) is 2.04. The summed E-state index contributed by atoms with van der Waals surface area (Å²) in [5.74, 6) is -0.131. The first-order valence-electron chi connectivity index (χ1n) is 13.2. The second-order valence-electron chi connectivity index (χ2n) is 9.82. The maximum atomic E-state index is 13.7. The number of hydrogen-bond donors (Lipinski definition) is 1. The number of imidazole rings is 1. The van der Waals surface area contributed by atoms with E-state index in [2.05, 4.69) is 10.3 Å². The van der Waals surface area contributed by atoms with Crippen molar-refractivity contribution in [2.75, 3.05) is 32.1 Å². The van der Waals surface area contributed by atoms with E-state index in [0.717, 1.165) is 21.9 Å². The molecule has 0 bridgehead atoms. The maximum Gasteiger partial charge on any atom is 0.243 e. The normalized spacial score (nSPS) is 15.3. The van der Waals surface area contributed by atoms with Crippen LogP contribution >= 0.6 is 0 Å². The van der Waals surface area contributed by atoms with E-state index >= 15 is 0 Å². The van der Waals surface area contributed by atoms with Crippen LogP contribution in [0.15, 0.2) is 83.9 Å². The van der Waals surface area contributed by atoms with Crippen molar-refractivity contribution in [2.45, 2.75) is 30.8 Å². The Morgan fingerprint density at radius 1 is 1.10 bits per heavy atom. The van der Waals surface area contributed by atoms with E-state index in [9.17, 15) is 17.6 Å². The molecule has 3 aromatic carbocycles. The van der Waals surface area contributed by atoms with Crippen LogP contribution in [0.2, 0.25) is 0 Å². The molecule has 0 radical (unpaired) electrons. The molecule has 1 atom stereocenters. The molecule has 4 aromatic rings. The standard InChI is InChI=1S/C30H31FN4O5S/c1-21-5-15-27(16-6-21)41(37,38)34(18-26-4-3-17-40-26)20-29(36)33-30-32-28(22-7-13-25(39-2)14-8-22)19-35(30)24-11-9-23(31)10-12-24/h5-16,19,26H,3-4,17-18,20H2,1-2H3,(H,32,33,36). The van der Waals surface area contributed by atoms with Gasteiger partial charge in [-0.3, -0.25) is 14.7 Å². The van der Waals surface area contributed by atoms with E-state index in [-0.39, 0.29) is 23.5 Å². The molecule has 1 N–H and O–H groups in total. The van der Waals surface area contributed by atoms with Crippen LogP contribution in [-0.2, 0) is 19.6 Å². The number of nitrogens with zero attached hydrogens (tertiary/aromatic N) is 3. The number of carbonyl (C=O) groups is 1. The number of aromatic nitrogens is 2. The molecule has 0 spiro atoms. The number of benzene rings is 3. The molecule has 1 saturated heterocycles. The summed E-state index contributed by atoms with van der Waals surface area (Å²) < 4.78 is 54.6. The lowest BCUT2D eigenvalue weighted by Gasteiger charge is -2.24. The zero-order valence-corrected chi connectivity index (χ0v) is 23.6. The Kier molecular flexibility index (Phi) is 8.48. The first-order chi connectivity index (χ1) is 19.7. The molecule has 0 saturated carbocycles. The van der Waals surface area contributed by atoms with Gasteiger partial charge in [0.25, 0.3) is 0 Å². The molecule has 1 unspecified atom stereocenters. The van der Waals surface area contributed by atoms with Crippen LogP contribution in [0.5, 0.6) is 5.75 Å². The number of nitrogens with one attached hydrogen (secondary N) is 1. The van der Waals surface area contributed by atoms with E-state index in [1.54, 1.807) is 54.3 Å². The minimum atomic E-state index is -3.99. The van der Waals surface area contributed by atoms with Crippen molar-refractivity contribution in [1.29, 1.82) is 0 Å². The minimum Gasteiger partial charge on any atom is -0.497 e. The van der Waals surface area contributed by atoms with E-state index in [4.69, 9.17) is 9.47 Å². The van der Waals surface area contributed by atoms with Gasteiger partial charge in [-0.15, -0.1) is 0 Å². The van der Waals surface area contributed by atoms with Crippen LogP contribution in [0.3, 0.4) is 0 Å². The molecule has 1 aliphatic rings. The third-order valence-electron chi connectivity index (χ3n) is 6.86. The topological polar surface area (TPSA) is 103 Å². The Morgan fingerprint density at radius 3 is 2.44 bits per heavy atom. The molecule has 5 rings (SSSR count). The molecule has 1 aliphatic heterocycles. The summed E-state index contributed by atoms with van der Waals surface area (Å²) in [6.07, 6.45) is 2.96. The van der Waals surface area contributed by atoms with Gasteiger partial charge in [0, 0.05) is 30.6 Å². The van der Waals surface area contributed by atoms with Gasteiger partial charge < -0.3 is 9.47 Å². The third-order valence-corrected chi connectivity index (χ3v) is 8.68. The predicted octanol–water partition coefficient (Wildman–Crippen LogP) is 4.80. The fraction of sp³-hybridized carbons (Fsp3) is 0.267. The Hall–Kier alpha value is -4.06. The Morgan fingerprint density at radius 2 is 1.80 bits per heavy atom. The van der Waals surface area contributed by atoms with Gasteiger partial charge in [0.1, 0.15) is 11.6 Å². The van der Waals surface area contributed by atoms with Gasteiger partial charge in [-0.2, -0.15) is 4.31 Å². The highest BCUT2D eigenvalue weighted by Gasteiger charge is 2.31. The second-order valence-corrected chi connectivity index (χ2v) is 11.8. The van der Waals surface area contributed by atoms with Crippen molar-refractivity contribution in [1.82, 2.24) is 13.9 Å². The minimum absolute atomic E-state index is 0.0487. The smallest absolute Gasteiger partial charge is 0.243 e. The van der Waals surface area contributed by atoms with Crippen LogP contribution < -0.4 is 10.1 Å². The average molecular weight is 579 g/mol. The molecule has 214 valence electrons. The van der Waals surface area contributed by atoms with Gasteiger partial charge in [0.05, 0.1) is 30.3 Å². The van der Waals surface area contributed by atoms with Crippen molar-refractivity contribution < 1.29 is 27.1 Å². The Balaban J connectivity index is 1.44. The third kappa shape index (κ3) is 6.64. The van der Waals surface area contributed by atoms with E-state index in [1.807, 2.05) is 19.1 Å². The number of methoxy groups -OCH3 is 1. The molecule has 2 heterocycles. The number of anilines is 1. The fourth-order valence-corrected chi connectivity index (χ4v) is 6.04. The lowest BCUT2D eigenvalue weighted by molar-refractivity contribution is -0.116. The number of carbonyl (C=O) groups excluding carboxylic acids is 1. The lowest BCUT2D eigenvalue weighted by atomic mass is 10.1. The number of halogens is 1. The fourth-order valence-electron chi connectivity index (χ4n) is 4.61. The van der Waals surface area contributed by atoms with Crippen LogP contribution in [0, 0.1) is 12.7 Å². The molecular formula is C30H31FN4O5S. The molecule has 1 aromatic heterocycles. The summed E-state index contributed by atoms with van der Waals surface area (Å²) in [5, 5.41) is 2.77. The van der Waals surface area contributed by atoms with E-state index < -0.39 is 28.3 Å². The first-order valence-corrected chi connectivity index (χ1v) is 14.6. The van der Waals surface area contributed by atoms with Gasteiger partial charge >= 0.3 is 0 Å². The summed E-state index contributed by atoms with van der Waals surface area (Å²) in [5.41, 5.74) is 2.81. The van der Waals surface area contributed by atoms with Crippen molar-refractivity contribution in [3.63, 3.8) is 0 Å². The zero-order valence-electron chi connectivity index (χ0n) is 22.8. The van der Waals surface area contributed by atoms with Crippen molar-refractivity contribution in [2.24, 2.45) is 0 Å². The monoisotopic (exact) mass is 578 g/mol. The highest BCUT2D eigenvalue weighted by molar-refractivity contribution is 7.89. The summed E-state index contributed by atoms with van der Waals surface area (Å²) >= 11 is 0. The highest BCUT2D eigenvalue weighted by Crippen LogP contribution is 2.27.